The van der Waals surface area contributed by atoms with E-state index in [1.165, 1.54) is 0 Å². The standard InChI is InChI=1S/C17H15NO2/c19-14-10-12-6-4-5-9-15(12)16(11-14)17(20)18-13-7-2-1-3-8-13/h1-9,16H,10-11H2,(H,18,20). The second-order valence-corrected chi connectivity index (χ2v) is 5.03. The van der Waals surface area contributed by atoms with Crippen molar-refractivity contribution in [3.63, 3.8) is 0 Å². The fourth-order valence-corrected chi connectivity index (χ4v) is 2.64. The van der Waals surface area contributed by atoms with Crippen LogP contribution in [-0.2, 0) is 16.0 Å². The van der Waals surface area contributed by atoms with E-state index < -0.39 is 0 Å². The van der Waals surface area contributed by atoms with Crippen molar-refractivity contribution in [1.82, 2.24) is 0 Å². The molecule has 1 atom stereocenters. The first-order valence-corrected chi connectivity index (χ1v) is 6.69. The van der Waals surface area contributed by atoms with Gasteiger partial charge in [-0.05, 0) is 23.3 Å². The van der Waals surface area contributed by atoms with E-state index >= 15 is 0 Å². The molecule has 0 heterocycles. The molecule has 1 amide bonds. The molecule has 0 radical (unpaired) electrons. The van der Waals surface area contributed by atoms with Crippen LogP contribution < -0.4 is 5.32 Å². The Labute approximate surface area is 117 Å². The zero-order chi connectivity index (χ0) is 13.9. The van der Waals surface area contributed by atoms with Crippen molar-refractivity contribution >= 4 is 17.4 Å². The van der Waals surface area contributed by atoms with Gasteiger partial charge in [-0.2, -0.15) is 0 Å². The van der Waals surface area contributed by atoms with E-state index in [0.29, 0.717) is 6.42 Å². The van der Waals surface area contributed by atoms with Gasteiger partial charge in [-0.3, -0.25) is 9.59 Å². The highest BCUT2D eigenvalue weighted by atomic mass is 16.2. The molecule has 2 aromatic carbocycles. The number of hydrogen-bond acceptors (Lipinski definition) is 2. The summed E-state index contributed by atoms with van der Waals surface area (Å²) in [5.41, 5.74) is 2.70. The van der Waals surface area contributed by atoms with Gasteiger partial charge in [-0.25, -0.2) is 0 Å². The molecule has 1 N–H and O–H groups in total. The molecule has 100 valence electrons. The van der Waals surface area contributed by atoms with Crippen LogP contribution in [0.4, 0.5) is 5.69 Å². The lowest BCUT2D eigenvalue weighted by Gasteiger charge is -2.23. The van der Waals surface area contributed by atoms with Crippen LogP contribution in [0.25, 0.3) is 0 Å². The van der Waals surface area contributed by atoms with E-state index in [1.807, 2.05) is 54.6 Å². The number of Topliss-reactive ketones (excluding diaryl/α,β-unsaturated/α-hetero) is 1. The summed E-state index contributed by atoms with van der Waals surface area (Å²) >= 11 is 0. The van der Waals surface area contributed by atoms with Crippen molar-refractivity contribution in [3.8, 4) is 0 Å². The van der Waals surface area contributed by atoms with E-state index in [1.54, 1.807) is 0 Å². The summed E-state index contributed by atoms with van der Waals surface area (Å²) in [6.07, 6.45) is 0.723. The average molecular weight is 265 g/mol. The van der Waals surface area contributed by atoms with Crippen molar-refractivity contribution in [2.45, 2.75) is 18.8 Å². The number of benzene rings is 2. The van der Waals surface area contributed by atoms with Crippen LogP contribution in [0.15, 0.2) is 54.6 Å². The molecule has 0 aromatic heterocycles. The van der Waals surface area contributed by atoms with Crippen molar-refractivity contribution in [1.29, 1.82) is 0 Å². The van der Waals surface area contributed by atoms with E-state index in [0.717, 1.165) is 16.8 Å². The Morgan fingerprint density at radius 2 is 1.70 bits per heavy atom. The predicted molar refractivity (Wildman–Crippen MR) is 77.6 cm³/mol. The number of carbonyl (C=O) groups is 2. The molecule has 0 aliphatic heterocycles. The van der Waals surface area contributed by atoms with Crippen LogP contribution in [0.2, 0.25) is 0 Å². The lowest BCUT2D eigenvalue weighted by Crippen LogP contribution is -2.28. The van der Waals surface area contributed by atoms with Gasteiger partial charge in [-0.1, -0.05) is 42.5 Å². The highest BCUT2D eigenvalue weighted by molar-refractivity contribution is 6.00. The Hall–Kier alpha value is -2.42. The maximum atomic E-state index is 12.4. The SMILES string of the molecule is O=C1Cc2ccccc2C(C(=O)Nc2ccccc2)C1. The third-order valence-electron chi connectivity index (χ3n) is 3.61. The van der Waals surface area contributed by atoms with Crippen LogP contribution in [0.5, 0.6) is 0 Å². The van der Waals surface area contributed by atoms with Gasteiger partial charge in [-0.15, -0.1) is 0 Å². The number of amides is 1. The second-order valence-electron chi connectivity index (χ2n) is 5.03. The van der Waals surface area contributed by atoms with E-state index in [2.05, 4.69) is 5.32 Å². The molecule has 0 spiro atoms. The molecule has 3 heteroatoms. The number of ketones is 1. The molecule has 20 heavy (non-hydrogen) atoms. The lowest BCUT2D eigenvalue weighted by molar-refractivity contribution is -0.124. The molecular weight excluding hydrogens is 250 g/mol. The summed E-state index contributed by atoms with van der Waals surface area (Å²) in [6, 6.07) is 17.0. The molecule has 3 rings (SSSR count). The quantitative estimate of drug-likeness (QED) is 0.907. The Balaban J connectivity index is 1.87. The first kappa shape index (κ1) is 12.6. The van der Waals surface area contributed by atoms with Gasteiger partial charge < -0.3 is 5.32 Å². The third kappa shape index (κ3) is 2.48. The highest BCUT2D eigenvalue weighted by Crippen LogP contribution is 2.30. The minimum absolute atomic E-state index is 0.114. The van der Waals surface area contributed by atoms with Gasteiger partial charge in [0.15, 0.2) is 0 Å². The Kier molecular flexibility index (Phi) is 3.33. The minimum Gasteiger partial charge on any atom is -0.326 e. The summed E-state index contributed by atoms with van der Waals surface area (Å²) < 4.78 is 0. The fraction of sp³-hybridized carbons (Fsp3) is 0.176. The average Bonchev–Trinajstić information content (AvgIpc) is 2.47. The van der Waals surface area contributed by atoms with Gasteiger partial charge in [0.2, 0.25) is 5.91 Å². The topological polar surface area (TPSA) is 46.2 Å². The summed E-state index contributed by atoms with van der Waals surface area (Å²) in [5, 5.41) is 2.88. The molecule has 0 saturated carbocycles. The molecule has 3 nitrogen and oxygen atoms in total. The molecule has 0 bridgehead atoms. The fourth-order valence-electron chi connectivity index (χ4n) is 2.64. The van der Waals surface area contributed by atoms with Gasteiger partial charge in [0.05, 0.1) is 5.92 Å². The highest BCUT2D eigenvalue weighted by Gasteiger charge is 2.30. The van der Waals surface area contributed by atoms with Crippen molar-refractivity contribution in [2.24, 2.45) is 0 Å². The Morgan fingerprint density at radius 3 is 2.50 bits per heavy atom. The normalized spacial score (nSPS) is 17.4. The minimum atomic E-state index is -0.382. The summed E-state index contributed by atoms with van der Waals surface area (Å²) in [5.74, 6) is -0.374. The first-order valence-electron chi connectivity index (χ1n) is 6.69. The zero-order valence-corrected chi connectivity index (χ0v) is 11.0. The van der Waals surface area contributed by atoms with Gasteiger partial charge >= 0.3 is 0 Å². The monoisotopic (exact) mass is 265 g/mol. The zero-order valence-electron chi connectivity index (χ0n) is 11.0. The number of nitrogens with one attached hydrogen (secondary N) is 1. The summed E-state index contributed by atoms with van der Waals surface area (Å²) in [6.45, 7) is 0. The van der Waals surface area contributed by atoms with Gasteiger partial charge in [0.25, 0.3) is 0 Å². The van der Waals surface area contributed by atoms with Gasteiger partial charge in [0, 0.05) is 18.5 Å². The largest absolute Gasteiger partial charge is 0.326 e. The molecule has 1 aliphatic carbocycles. The molecule has 1 aliphatic rings. The maximum absolute atomic E-state index is 12.4. The smallest absolute Gasteiger partial charge is 0.232 e. The van der Waals surface area contributed by atoms with E-state index in [4.69, 9.17) is 0 Å². The maximum Gasteiger partial charge on any atom is 0.232 e. The number of rotatable bonds is 2. The Bertz CT molecular complexity index is 649. The second kappa shape index (κ2) is 5.29. The molecule has 2 aromatic rings. The number of carbonyl (C=O) groups excluding carboxylic acids is 2. The third-order valence-corrected chi connectivity index (χ3v) is 3.61. The lowest BCUT2D eigenvalue weighted by atomic mass is 9.81. The van der Waals surface area contributed by atoms with E-state index in [9.17, 15) is 9.59 Å². The van der Waals surface area contributed by atoms with Crippen molar-refractivity contribution < 1.29 is 9.59 Å². The number of hydrogen-bond donors (Lipinski definition) is 1. The molecule has 0 saturated heterocycles. The molecule has 0 fully saturated rings. The summed E-state index contributed by atoms with van der Waals surface area (Å²) in [7, 11) is 0. The van der Waals surface area contributed by atoms with Crippen molar-refractivity contribution in [3.05, 3.63) is 65.7 Å². The summed E-state index contributed by atoms with van der Waals surface area (Å²) in [4.78, 5) is 24.2. The van der Waals surface area contributed by atoms with Gasteiger partial charge in [0.1, 0.15) is 5.78 Å². The molecule has 1 unspecified atom stereocenters. The van der Waals surface area contributed by atoms with Crippen LogP contribution in [-0.4, -0.2) is 11.7 Å². The number of anilines is 1. The van der Waals surface area contributed by atoms with Crippen LogP contribution in [0.1, 0.15) is 23.5 Å². The number of fused-ring (bicyclic) bond motifs is 1. The predicted octanol–water partition coefficient (Wildman–Crippen LogP) is 2.92. The van der Waals surface area contributed by atoms with Crippen LogP contribution >= 0.6 is 0 Å². The van der Waals surface area contributed by atoms with E-state index in [-0.39, 0.29) is 24.0 Å². The van der Waals surface area contributed by atoms with Crippen LogP contribution in [0, 0.1) is 0 Å². The van der Waals surface area contributed by atoms with Crippen molar-refractivity contribution in [2.75, 3.05) is 5.32 Å². The van der Waals surface area contributed by atoms with Crippen LogP contribution in [0.3, 0.4) is 0 Å². The Morgan fingerprint density at radius 1 is 1.00 bits per heavy atom. The first-order chi connectivity index (χ1) is 9.74. The number of para-hydroxylation sites is 1. The molecular formula is C17H15NO2.